The average Bonchev–Trinajstić information content (AvgIpc) is 2.27. The Morgan fingerprint density at radius 3 is 2.56 bits per heavy atom. The third-order valence-electron chi connectivity index (χ3n) is 2.71. The smallest absolute Gasteiger partial charge is 0.217 e. The molecule has 0 saturated heterocycles. The van der Waals surface area contributed by atoms with Crippen molar-refractivity contribution in [2.24, 2.45) is 0 Å². The number of carbonyl (C=O) groups is 1. The summed E-state index contributed by atoms with van der Waals surface area (Å²) in [5, 5.41) is 5.32. The molecule has 0 aromatic heterocycles. The molecule has 0 spiro atoms. The standard InChI is InChI=1S/C14H15NO/c1-10(15-11(2)16)13-9-5-7-12-6-3-4-8-14(12)13/h3-10H,1-2H3,(H,15,16). The lowest BCUT2D eigenvalue weighted by Gasteiger charge is -2.15. The number of hydrogen-bond donors (Lipinski definition) is 1. The van der Waals surface area contributed by atoms with Gasteiger partial charge in [0.1, 0.15) is 0 Å². The van der Waals surface area contributed by atoms with Crippen LogP contribution < -0.4 is 5.32 Å². The quantitative estimate of drug-likeness (QED) is 0.816. The highest BCUT2D eigenvalue weighted by atomic mass is 16.1. The lowest BCUT2D eigenvalue weighted by atomic mass is 10.00. The van der Waals surface area contributed by atoms with Crippen LogP contribution >= 0.6 is 0 Å². The van der Waals surface area contributed by atoms with E-state index in [-0.39, 0.29) is 11.9 Å². The molecule has 2 aromatic rings. The Balaban J connectivity index is 2.47. The number of hydrogen-bond acceptors (Lipinski definition) is 1. The monoisotopic (exact) mass is 213 g/mol. The molecule has 0 bridgehead atoms. The summed E-state index contributed by atoms with van der Waals surface area (Å²) < 4.78 is 0. The van der Waals surface area contributed by atoms with Crippen molar-refractivity contribution in [1.29, 1.82) is 0 Å². The Morgan fingerprint density at radius 1 is 1.12 bits per heavy atom. The minimum atomic E-state index is 0.000402. The van der Waals surface area contributed by atoms with Crippen LogP contribution in [0.2, 0.25) is 0 Å². The van der Waals surface area contributed by atoms with Gasteiger partial charge in [-0.2, -0.15) is 0 Å². The van der Waals surface area contributed by atoms with Crippen LogP contribution in [-0.4, -0.2) is 5.91 Å². The van der Waals surface area contributed by atoms with Crippen molar-refractivity contribution < 1.29 is 4.79 Å². The Hall–Kier alpha value is -1.83. The second-order valence-electron chi connectivity index (χ2n) is 3.99. The van der Waals surface area contributed by atoms with Crippen LogP contribution in [0.5, 0.6) is 0 Å². The van der Waals surface area contributed by atoms with Gasteiger partial charge in [0.05, 0.1) is 6.04 Å². The second kappa shape index (κ2) is 4.35. The van der Waals surface area contributed by atoms with E-state index in [1.165, 1.54) is 10.8 Å². The Labute approximate surface area is 95.3 Å². The highest BCUT2D eigenvalue weighted by Crippen LogP contribution is 2.23. The van der Waals surface area contributed by atoms with E-state index in [4.69, 9.17) is 0 Å². The predicted molar refractivity (Wildman–Crippen MR) is 66.2 cm³/mol. The van der Waals surface area contributed by atoms with E-state index in [0.717, 1.165) is 5.56 Å². The van der Waals surface area contributed by atoms with Crippen LogP contribution in [0.1, 0.15) is 25.5 Å². The zero-order chi connectivity index (χ0) is 11.5. The summed E-state index contributed by atoms with van der Waals surface area (Å²) in [5.41, 5.74) is 1.16. The van der Waals surface area contributed by atoms with Crippen LogP contribution in [0.3, 0.4) is 0 Å². The Bertz CT molecular complexity index is 514. The van der Waals surface area contributed by atoms with E-state index in [2.05, 4.69) is 29.6 Å². The zero-order valence-electron chi connectivity index (χ0n) is 9.53. The van der Waals surface area contributed by atoms with Crippen molar-refractivity contribution in [3.8, 4) is 0 Å². The van der Waals surface area contributed by atoms with Gasteiger partial charge in [0.25, 0.3) is 0 Å². The maximum absolute atomic E-state index is 11.1. The molecular formula is C14H15NO. The van der Waals surface area contributed by atoms with Crippen LogP contribution in [0.15, 0.2) is 42.5 Å². The molecule has 0 aliphatic heterocycles. The molecule has 0 fully saturated rings. The first-order valence-electron chi connectivity index (χ1n) is 5.43. The number of nitrogens with one attached hydrogen (secondary N) is 1. The largest absolute Gasteiger partial charge is 0.350 e. The highest BCUT2D eigenvalue weighted by Gasteiger charge is 2.09. The average molecular weight is 213 g/mol. The molecule has 2 rings (SSSR count). The maximum Gasteiger partial charge on any atom is 0.217 e. The zero-order valence-corrected chi connectivity index (χ0v) is 9.53. The van der Waals surface area contributed by atoms with Gasteiger partial charge in [-0.1, -0.05) is 42.5 Å². The molecule has 1 N–H and O–H groups in total. The van der Waals surface area contributed by atoms with E-state index < -0.39 is 0 Å². The van der Waals surface area contributed by atoms with Crippen LogP contribution in [-0.2, 0) is 4.79 Å². The second-order valence-corrected chi connectivity index (χ2v) is 3.99. The fourth-order valence-electron chi connectivity index (χ4n) is 2.01. The van der Waals surface area contributed by atoms with Crippen molar-refractivity contribution >= 4 is 16.7 Å². The van der Waals surface area contributed by atoms with Gasteiger partial charge in [-0.25, -0.2) is 0 Å². The molecular weight excluding hydrogens is 198 g/mol. The molecule has 0 saturated carbocycles. The summed E-state index contributed by atoms with van der Waals surface area (Å²) in [6, 6.07) is 14.4. The van der Waals surface area contributed by atoms with Crippen LogP contribution in [0.25, 0.3) is 10.8 Å². The van der Waals surface area contributed by atoms with Crippen molar-refractivity contribution in [3.05, 3.63) is 48.0 Å². The number of benzene rings is 2. The summed E-state index contributed by atoms with van der Waals surface area (Å²) in [6.45, 7) is 3.55. The minimum Gasteiger partial charge on any atom is -0.350 e. The molecule has 1 amide bonds. The van der Waals surface area contributed by atoms with Gasteiger partial charge in [-0.15, -0.1) is 0 Å². The van der Waals surface area contributed by atoms with Gasteiger partial charge in [-0.05, 0) is 23.3 Å². The van der Waals surface area contributed by atoms with Gasteiger partial charge < -0.3 is 5.32 Å². The van der Waals surface area contributed by atoms with Gasteiger partial charge >= 0.3 is 0 Å². The number of amides is 1. The molecule has 1 atom stereocenters. The predicted octanol–water partition coefficient (Wildman–Crippen LogP) is 3.04. The molecule has 0 heterocycles. The summed E-state index contributed by atoms with van der Waals surface area (Å²) in [7, 11) is 0. The third-order valence-corrected chi connectivity index (χ3v) is 2.71. The van der Waals surface area contributed by atoms with Crippen molar-refractivity contribution in [1.82, 2.24) is 5.32 Å². The first-order valence-corrected chi connectivity index (χ1v) is 5.43. The first kappa shape index (κ1) is 10.7. The molecule has 82 valence electrons. The van der Waals surface area contributed by atoms with E-state index >= 15 is 0 Å². The lowest BCUT2D eigenvalue weighted by Crippen LogP contribution is -2.23. The van der Waals surface area contributed by atoms with Gasteiger partial charge in [0, 0.05) is 6.92 Å². The minimum absolute atomic E-state index is 0.000402. The van der Waals surface area contributed by atoms with E-state index in [1.807, 2.05) is 25.1 Å². The Morgan fingerprint density at radius 2 is 1.81 bits per heavy atom. The molecule has 0 radical (unpaired) electrons. The summed E-state index contributed by atoms with van der Waals surface area (Å²) in [6.07, 6.45) is 0. The van der Waals surface area contributed by atoms with Crippen molar-refractivity contribution in [3.63, 3.8) is 0 Å². The third kappa shape index (κ3) is 2.06. The van der Waals surface area contributed by atoms with Crippen molar-refractivity contribution in [2.75, 3.05) is 0 Å². The SMILES string of the molecule is CC(=O)NC(C)c1cccc2ccccc12. The molecule has 16 heavy (non-hydrogen) atoms. The molecule has 1 unspecified atom stereocenters. The van der Waals surface area contributed by atoms with Gasteiger partial charge in [0.15, 0.2) is 0 Å². The van der Waals surface area contributed by atoms with Crippen molar-refractivity contribution in [2.45, 2.75) is 19.9 Å². The van der Waals surface area contributed by atoms with Crippen LogP contribution in [0.4, 0.5) is 0 Å². The topological polar surface area (TPSA) is 29.1 Å². The fourth-order valence-corrected chi connectivity index (χ4v) is 2.01. The maximum atomic E-state index is 11.1. The van der Waals surface area contributed by atoms with Crippen LogP contribution in [0, 0.1) is 0 Å². The van der Waals surface area contributed by atoms with Gasteiger partial charge in [0.2, 0.25) is 5.91 Å². The van der Waals surface area contributed by atoms with E-state index in [1.54, 1.807) is 6.92 Å². The summed E-state index contributed by atoms with van der Waals surface area (Å²) in [5.74, 6) is 0.000402. The summed E-state index contributed by atoms with van der Waals surface area (Å²) in [4.78, 5) is 11.1. The molecule has 2 heteroatoms. The fraction of sp³-hybridized carbons (Fsp3) is 0.214. The van der Waals surface area contributed by atoms with Gasteiger partial charge in [-0.3, -0.25) is 4.79 Å². The normalized spacial score (nSPS) is 12.4. The number of fused-ring (bicyclic) bond motifs is 1. The molecule has 2 nitrogen and oxygen atoms in total. The molecule has 0 aliphatic rings. The Kier molecular flexibility index (Phi) is 2.91. The number of rotatable bonds is 2. The van der Waals surface area contributed by atoms with E-state index in [0.29, 0.717) is 0 Å². The molecule has 2 aromatic carbocycles. The number of carbonyl (C=O) groups excluding carboxylic acids is 1. The first-order chi connectivity index (χ1) is 7.68. The lowest BCUT2D eigenvalue weighted by molar-refractivity contribution is -0.119. The highest BCUT2D eigenvalue weighted by molar-refractivity contribution is 5.86. The van der Waals surface area contributed by atoms with E-state index in [9.17, 15) is 4.79 Å². The summed E-state index contributed by atoms with van der Waals surface area (Å²) >= 11 is 0. The molecule has 0 aliphatic carbocycles.